The summed E-state index contributed by atoms with van der Waals surface area (Å²) in [5.74, 6) is -0.338. The van der Waals surface area contributed by atoms with Crippen molar-refractivity contribution < 1.29 is 9.90 Å². The molecule has 0 bridgehead atoms. The molecule has 5 nitrogen and oxygen atoms in total. The van der Waals surface area contributed by atoms with Crippen LogP contribution in [0.25, 0.3) is 0 Å². The lowest BCUT2D eigenvalue weighted by Gasteiger charge is -2.10. The summed E-state index contributed by atoms with van der Waals surface area (Å²) in [5, 5.41) is 23.2. The molecule has 0 saturated carbocycles. The van der Waals surface area contributed by atoms with Gasteiger partial charge < -0.3 is 15.7 Å². The highest BCUT2D eigenvalue weighted by atomic mass is 16.2. The second-order valence-corrected chi connectivity index (χ2v) is 4.19. The molecule has 0 aliphatic heterocycles. The van der Waals surface area contributed by atoms with Crippen LogP contribution in [0, 0.1) is 11.3 Å². The van der Waals surface area contributed by atoms with E-state index in [2.05, 4.69) is 10.6 Å². The van der Waals surface area contributed by atoms with Gasteiger partial charge >= 0.3 is 0 Å². The molecule has 0 radical (unpaired) electrons. The fraction of sp³-hybridized carbons (Fsp3) is 0.692. The first-order valence-corrected chi connectivity index (χ1v) is 6.41. The van der Waals surface area contributed by atoms with Gasteiger partial charge in [0.2, 0.25) is 0 Å². The quantitative estimate of drug-likeness (QED) is 0.326. The summed E-state index contributed by atoms with van der Waals surface area (Å²) in [6.45, 7) is 4.77. The standard InChI is InChI=1S/C13H23N3O2/c1-3-11(2)16-13(18)12(9-14)10-15-7-5-4-6-8-17/h10-11,15,17H,3-8H2,1-2H3,(H,16,18)/b12-10-. The highest BCUT2D eigenvalue weighted by molar-refractivity contribution is 5.97. The van der Waals surface area contributed by atoms with Crippen molar-refractivity contribution in [3.05, 3.63) is 11.8 Å². The van der Waals surface area contributed by atoms with Crippen LogP contribution in [0.15, 0.2) is 11.8 Å². The molecule has 3 N–H and O–H groups in total. The van der Waals surface area contributed by atoms with Gasteiger partial charge in [-0.15, -0.1) is 0 Å². The summed E-state index contributed by atoms with van der Waals surface area (Å²) in [6.07, 6.45) is 4.90. The van der Waals surface area contributed by atoms with Gasteiger partial charge in [-0.05, 0) is 32.6 Å². The van der Waals surface area contributed by atoms with Gasteiger partial charge in [0.1, 0.15) is 11.6 Å². The molecule has 0 aliphatic carbocycles. The Morgan fingerprint density at radius 1 is 1.44 bits per heavy atom. The van der Waals surface area contributed by atoms with E-state index in [9.17, 15) is 4.79 Å². The van der Waals surface area contributed by atoms with Crippen LogP contribution in [0.3, 0.4) is 0 Å². The predicted molar refractivity (Wildman–Crippen MR) is 70.5 cm³/mol. The molecule has 1 atom stereocenters. The third-order valence-corrected chi connectivity index (χ3v) is 2.58. The Morgan fingerprint density at radius 2 is 2.17 bits per heavy atom. The zero-order chi connectivity index (χ0) is 13.8. The van der Waals surface area contributed by atoms with E-state index in [1.54, 1.807) is 0 Å². The zero-order valence-electron chi connectivity index (χ0n) is 11.2. The number of amides is 1. The summed E-state index contributed by atoms with van der Waals surface area (Å²) in [5.41, 5.74) is 0.0949. The third-order valence-electron chi connectivity index (χ3n) is 2.58. The van der Waals surface area contributed by atoms with Crippen LogP contribution in [0.2, 0.25) is 0 Å². The SMILES string of the molecule is CCC(C)NC(=O)/C(C#N)=C\NCCCCCO. The number of nitrogens with one attached hydrogen (secondary N) is 2. The van der Waals surface area contributed by atoms with Crippen molar-refractivity contribution in [1.82, 2.24) is 10.6 Å². The van der Waals surface area contributed by atoms with Gasteiger partial charge in [0, 0.05) is 25.4 Å². The Bertz CT molecular complexity index is 308. The van der Waals surface area contributed by atoms with Crippen molar-refractivity contribution in [2.45, 2.75) is 45.6 Å². The maximum absolute atomic E-state index is 11.6. The topological polar surface area (TPSA) is 85.2 Å². The van der Waals surface area contributed by atoms with Crippen molar-refractivity contribution in [2.24, 2.45) is 0 Å². The van der Waals surface area contributed by atoms with E-state index in [0.29, 0.717) is 6.54 Å². The Labute approximate surface area is 109 Å². The van der Waals surface area contributed by atoms with Gasteiger partial charge in [-0.25, -0.2) is 0 Å². The lowest BCUT2D eigenvalue weighted by molar-refractivity contribution is -0.117. The van der Waals surface area contributed by atoms with E-state index in [1.807, 2.05) is 19.9 Å². The van der Waals surface area contributed by atoms with Gasteiger partial charge in [0.25, 0.3) is 5.91 Å². The van der Waals surface area contributed by atoms with E-state index in [4.69, 9.17) is 10.4 Å². The smallest absolute Gasteiger partial charge is 0.263 e. The van der Waals surface area contributed by atoms with Crippen molar-refractivity contribution in [3.63, 3.8) is 0 Å². The first-order valence-electron chi connectivity index (χ1n) is 6.41. The molecule has 1 amide bonds. The second kappa shape index (κ2) is 10.6. The average Bonchev–Trinajstić information content (AvgIpc) is 2.37. The molecule has 0 spiro atoms. The molecule has 0 aliphatic rings. The molecule has 0 rings (SSSR count). The first kappa shape index (κ1) is 16.5. The Hall–Kier alpha value is -1.54. The van der Waals surface area contributed by atoms with Gasteiger partial charge in [0.15, 0.2) is 0 Å². The predicted octanol–water partition coefficient (Wildman–Crippen LogP) is 1.06. The van der Waals surface area contributed by atoms with E-state index < -0.39 is 0 Å². The fourth-order valence-electron chi connectivity index (χ4n) is 1.24. The lowest BCUT2D eigenvalue weighted by Crippen LogP contribution is -2.33. The van der Waals surface area contributed by atoms with Crippen molar-refractivity contribution in [2.75, 3.05) is 13.2 Å². The van der Waals surface area contributed by atoms with Crippen LogP contribution in [-0.2, 0) is 4.79 Å². The highest BCUT2D eigenvalue weighted by Crippen LogP contribution is 1.96. The monoisotopic (exact) mass is 253 g/mol. The van der Waals surface area contributed by atoms with Gasteiger partial charge in [-0.3, -0.25) is 4.79 Å². The Kier molecular flexibility index (Phi) is 9.70. The number of nitrogens with zero attached hydrogens (tertiary/aromatic N) is 1. The van der Waals surface area contributed by atoms with Crippen LogP contribution in [-0.4, -0.2) is 30.2 Å². The zero-order valence-corrected chi connectivity index (χ0v) is 11.2. The molecule has 1 unspecified atom stereocenters. The first-order chi connectivity index (χ1) is 8.65. The molecule has 0 saturated heterocycles. The van der Waals surface area contributed by atoms with Gasteiger partial charge in [-0.2, -0.15) is 5.26 Å². The van der Waals surface area contributed by atoms with Crippen LogP contribution in [0.4, 0.5) is 0 Å². The molecular formula is C13H23N3O2. The minimum atomic E-state index is -0.338. The number of nitriles is 1. The normalized spacial score (nSPS) is 12.7. The Morgan fingerprint density at radius 3 is 2.72 bits per heavy atom. The van der Waals surface area contributed by atoms with Crippen molar-refractivity contribution in [3.8, 4) is 6.07 Å². The molecule has 0 aromatic heterocycles. The van der Waals surface area contributed by atoms with E-state index >= 15 is 0 Å². The number of aliphatic hydroxyl groups is 1. The number of carbonyl (C=O) groups excluding carboxylic acids is 1. The van der Waals surface area contributed by atoms with Crippen molar-refractivity contribution >= 4 is 5.91 Å². The van der Waals surface area contributed by atoms with Crippen LogP contribution in [0.5, 0.6) is 0 Å². The molecule has 102 valence electrons. The molecule has 18 heavy (non-hydrogen) atoms. The molecule has 0 heterocycles. The second-order valence-electron chi connectivity index (χ2n) is 4.19. The van der Waals surface area contributed by atoms with E-state index in [0.717, 1.165) is 25.7 Å². The van der Waals surface area contributed by atoms with Gasteiger partial charge in [0.05, 0.1) is 0 Å². The fourth-order valence-corrected chi connectivity index (χ4v) is 1.24. The van der Waals surface area contributed by atoms with E-state index in [-0.39, 0.29) is 24.1 Å². The minimum absolute atomic E-state index is 0.0683. The van der Waals surface area contributed by atoms with Crippen LogP contribution in [0.1, 0.15) is 39.5 Å². The van der Waals surface area contributed by atoms with E-state index in [1.165, 1.54) is 6.20 Å². The maximum Gasteiger partial charge on any atom is 0.263 e. The number of hydrogen-bond donors (Lipinski definition) is 3. The minimum Gasteiger partial charge on any atom is -0.396 e. The maximum atomic E-state index is 11.6. The van der Waals surface area contributed by atoms with Crippen LogP contribution >= 0.6 is 0 Å². The summed E-state index contributed by atoms with van der Waals surface area (Å²) < 4.78 is 0. The summed E-state index contributed by atoms with van der Waals surface area (Å²) in [7, 11) is 0. The molecule has 0 aromatic rings. The Balaban J connectivity index is 4.00. The molecule has 0 fully saturated rings. The molecule has 0 aromatic carbocycles. The van der Waals surface area contributed by atoms with Crippen LogP contribution < -0.4 is 10.6 Å². The number of rotatable bonds is 9. The summed E-state index contributed by atoms with van der Waals surface area (Å²) >= 11 is 0. The van der Waals surface area contributed by atoms with Gasteiger partial charge in [-0.1, -0.05) is 6.92 Å². The third kappa shape index (κ3) is 7.69. The largest absolute Gasteiger partial charge is 0.396 e. The average molecular weight is 253 g/mol. The van der Waals surface area contributed by atoms with Crippen molar-refractivity contribution in [1.29, 1.82) is 5.26 Å². The number of carbonyl (C=O) groups is 1. The molecular weight excluding hydrogens is 230 g/mol. The summed E-state index contributed by atoms with van der Waals surface area (Å²) in [4.78, 5) is 11.6. The lowest BCUT2D eigenvalue weighted by atomic mass is 10.2. The molecule has 5 heteroatoms. The number of hydrogen-bond acceptors (Lipinski definition) is 4. The number of aliphatic hydroxyl groups excluding tert-OH is 1. The highest BCUT2D eigenvalue weighted by Gasteiger charge is 2.10. The summed E-state index contributed by atoms with van der Waals surface area (Å²) in [6, 6.07) is 1.95. The number of unbranched alkanes of at least 4 members (excludes halogenated alkanes) is 2.